The summed E-state index contributed by atoms with van der Waals surface area (Å²) < 4.78 is 13.4. The highest BCUT2D eigenvalue weighted by Crippen LogP contribution is 2.27. The van der Waals surface area contributed by atoms with Gasteiger partial charge in [-0.05, 0) is 29.5 Å². The second-order valence-electron chi connectivity index (χ2n) is 3.32. The SMILES string of the molecule is CCc1c(F)ccc2cccc(N)c12. The van der Waals surface area contributed by atoms with E-state index < -0.39 is 0 Å². The van der Waals surface area contributed by atoms with E-state index in [1.54, 1.807) is 12.1 Å². The van der Waals surface area contributed by atoms with Crippen molar-refractivity contribution >= 4 is 16.5 Å². The van der Waals surface area contributed by atoms with Gasteiger partial charge in [-0.15, -0.1) is 0 Å². The maximum absolute atomic E-state index is 13.4. The molecule has 0 spiro atoms. The predicted molar refractivity (Wildman–Crippen MR) is 57.7 cm³/mol. The Morgan fingerprint density at radius 2 is 2.00 bits per heavy atom. The Bertz CT molecular complexity index is 477. The van der Waals surface area contributed by atoms with Crippen LogP contribution in [-0.2, 0) is 6.42 Å². The Morgan fingerprint density at radius 3 is 2.71 bits per heavy atom. The minimum Gasteiger partial charge on any atom is -0.398 e. The summed E-state index contributed by atoms with van der Waals surface area (Å²) >= 11 is 0. The Hall–Kier alpha value is -1.57. The molecule has 0 aliphatic carbocycles. The van der Waals surface area contributed by atoms with Crippen molar-refractivity contribution in [1.29, 1.82) is 0 Å². The maximum atomic E-state index is 13.4. The van der Waals surface area contributed by atoms with E-state index in [4.69, 9.17) is 5.73 Å². The van der Waals surface area contributed by atoms with Crippen LogP contribution >= 0.6 is 0 Å². The summed E-state index contributed by atoms with van der Waals surface area (Å²) in [5.41, 5.74) is 7.20. The van der Waals surface area contributed by atoms with Gasteiger partial charge >= 0.3 is 0 Å². The molecule has 0 bridgehead atoms. The van der Waals surface area contributed by atoms with Gasteiger partial charge in [-0.25, -0.2) is 4.39 Å². The quantitative estimate of drug-likeness (QED) is 0.685. The van der Waals surface area contributed by atoms with Crippen LogP contribution in [-0.4, -0.2) is 0 Å². The normalized spacial score (nSPS) is 10.7. The number of fused-ring (bicyclic) bond motifs is 1. The van der Waals surface area contributed by atoms with E-state index in [1.165, 1.54) is 6.07 Å². The zero-order chi connectivity index (χ0) is 10.1. The highest BCUT2D eigenvalue weighted by molar-refractivity contribution is 5.95. The molecule has 0 aromatic heterocycles. The highest BCUT2D eigenvalue weighted by Gasteiger charge is 2.07. The maximum Gasteiger partial charge on any atom is 0.127 e. The van der Waals surface area contributed by atoms with Crippen molar-refractivity contribution in [3.05, 3.63) is 41.7 Å². The molecule has 2 aromatic carbocycles. The molecule has 0 saturated heterocycles. The van der Waals surface area contributed by atoms with Crippen LogP contribution in [0.5, 0.6) is 0 Å². The first kappa shape index (κ1) is 9.00. The van der Waals surface area contributed by atoms with Gasteiger partial charge in [0.15, 0.2) is 0 Å². The first-order valence-electron chi connectivity index (χ1n) is 4.69. The zero-order valence-electron chi connectivity index (χ0n) is 8.05. The minimum absolute atomic E-state index is 0.169. The molecule has 0 unspecified atom stereocenters. The highest BCUT2D eigenvalue weighted by atomic mass is 19.1. The lowest BCUT2D eigenvalue weighted by atomic mass is 10.0. The second kappa shape index (κ2) is 3.29. The van der Waals surface area contributed by atoms with Gasteiger partial charge in [0.05, 0.1) is 0 Å². The van der Waals surface area contributed by atoms with Crippen molar-refractivity contribution in [2.24, 2.45) is 0 Å². The van der Waals surface area contributed by atoms with Crippen molar-refractivity contribution in [3.8, 4) is 0 Å². The molecule has 14 heavy (non-hydrogen) atoms. The molecule has 2 rings (SSSR count). The summed E-state index contributed by atoms with van der Waals surface area (Å²) in [5.74, 6) is -0.169. The van der Waals surface area contributed by atoms with Crippen LogP contribution in [0, 0.1) is 5.82 Å². The molecule has 0 saturated carbocycles. The monoisotopic (exact) mass is 189 g/mol. The lowest BCUT2D eigenvalue weighted by Crippen LogP contribution is -1.94. The molecular formula is C12H12FN. The summed E-state index contributed by atoms with van der Waals surface area (Å²) in [5, 5.41) is 1.86. The van der Waals surface area contributed by atoms with Gasteiger partial charge in [0.25, 0.3) is 0 Å². The van der Waals surface area contributed by atoms with E-state index in [0.717, 1.165) is 10.8 Å². The topological polar surface area (TPSA) is 26.0 Å². The fourth-order valence-electron chi connectivity index (χ4n) is 1.80. The summed E-state index contributed by atoms with van der Waals surface area (Å²) in [6.07, 6.45) is 0.664. The molecule has 0 radical (unpaired) electrons. The molecule has 0 fully saturated rings. The number of nitrogens with two attached hydrogens (primary N) is 1. The lowest BCUT2D eigenvalue weighted by molar-refractivity contribution is 0.615. The first-order chi connectivity index (χ1) is 6.74. The van der Waals surface area contributed by atoms with Gasteiger partial charge in [-0.3, -0.25) is 0 Å². The van der Waals surface area contributed by atoms with Gasteiger partial charge in [0.2, 0.25) is 0 Å². The molecule has 1 nitrogen and oxygen atoms in total. The third-order valence-electron chi connectivity index (χ3n) is 2.48. The molecule has 2 heteroatoms. The van der Waals surface area contributed by atoms with Crippen LogP contribution in [0.4, 0.5) is 10.1 Å². The van der Waals surface area contributed by atoms with Crippen molar-refractivity contribution in [2.45, 2.75) is 13.3 Å². The average molecular weight is 189 g/mol. The third kappa shape index (κ3) is 1.23. The Balaban J connectivity index is 2.91. The van der Waals surface area contributed by atoms with Crippen molar-refractivity contribution in [3.63, 3.8) is 0 Å². The van der Waals surface area contributed by atoms with E-state index in [2.05, 4.69) is 0 Å². The average Bonchev–Trinajstić information content (AvgIpc) is 2.19. The number of halogens is 1. The van der Waals surface area contributed by atoms with Crippen molar-refractivity contribution in [2.75, 3.05) is 5.73 Å². The zero-order valence-corrected chi connectivity index (χ0v) is 8.05. The van der Waals surface area contributed by atoms with Crippen LogP contribution in [0.25, 0.3) is 10.8 Å². The molecule has 0 heterocycles. The lowest BCUT2D eigenvalue weighted by Gasteiger charge is -2.08. The molecule has 0 aliphatic rings. The van der Waals surface area contributed by atoms with Gasteiger partial charge in [-0.2, -0.15) is 0 Å². The number of hydrogen-bond donors (Lipinski definition) is 1. The molecule has 0 aliphatic heterocycles. The molecule has 2 N–H and O–H groups in total. The molecule has 72 valence electrons. The van der Waals surface area contributed by atoms with Crippen LogP contribution in [0.2, 0.25) is 0 Å². The van der Waals surface area contributed by atoms with Crippen LogP contribution in [0.15, 0.2) is 30.3 Å². The number of rotatable bonds is 1. The summed E-state index contributed by atoms with van der Waals surface area (Å²) in [6, 6.07) is 8.90. The van der Waals surface area contributed by atoms with E-state index in [1.807, 2.05) is 19.1 Å². The predicted octanol–water partition coefficient (Wildman–Crippen LogP) is 3.12. The van der Waals surface area contributed by atoms with E-state index in [-0.39, 0.29) is 5.82 Å². The molecule has 0 amide bonds. The van der Waals surface area contributed by atoms with Crippen molar-refractivity contribution in [1.82, 2.24) is 0 Å². The third-order valence-corrected chi connectivity index (χ3v) is 2.48. The Labute approximate surface area is 82.3 Å². The smallest absolute Gasteiger partial charge is 0.127 e. The fourth-order valence-corrected chi connectivity index (χ4v) is 1.80. The molecular weight excluding hydrogens is 177 g/mol. The van der Waals surface area contributed by atoms with E-state index in [9.17, 15) is 4.39 Å². The standard InChI is InChI=1S/C12H12FN/c1-2-9-10(13)7-6-8-4-3-5-11(14)12(8)9/h3-7H,2,14H2,1H3. The number of anilines is 1. The second-order valence-corrected chi connectivity index (χ2v) is 3.32. The summed E-state index contributed by atoms with van der Waals surface area (Å²) in [7, 11) is 0. The summed E-state index contributed by atoms with van der Waals surface area (Å²) in [6.45, 7) is 1.93. The van der Waals surface area contributed by atoms with E-state index >= 15 is 0 Å². The molecule has 2 aromatic rings. The van der Waals surface area contributed by atoms with E-state index in [0.29, 0.717) is 17.7 Å². The van der Waals surface area contributed by atoms with Gasteiger partial charge in [-0.1, -0.05) is 25.1 Å². The van der Waals surface area contributed by atoms with Crippen LogP contribution < -0.4 is 5.73 Å². The number of benzene rings is 2. The minimum atomic E-state index is -0.169. The summed E-state index contributed by atoms with van der Waals surface area (Å²) in [4.78, 5) is 0. The number of nitrogen functional groups attached to an aromatic ring is 1. The fraction of sp³-hybridized carbons (Fsp3) is 0.167. The Kier molecular flexibility index (Phi) is 2.12. The van der Waals surface area contributed by atoms with Gasteiger partial charge < -0.3 is 5.73 Å². The number of aryl methyl sites for hydroxylation is 1. The largest absolute Gasteiger partial charge is 0.398 e. The van der Waals surface area contributed by atoms with Gasteiger partial charge in [0, 0.05) is 11.1 Å². The first-order valence-corrected chi connectivity index (χ1v) is 4.69. The van der Waals surface area contributed by atoms with Crippen LogP contribution in [0.3, 0.4) is 0 Å². The molecule has 0 atom stereocenters. The Morgan fingerprint density at radius 1 is 1.21 bits per heavy atom. The van der Waals surface area contributed by atoms with Gasteiger partial charge in [0.1, 0.15) is 5.82 Å². The van der Waals surface area contributed by atoms with Crippen LogP contribution in [0.1, 0.15) is 12.5 Å². The number of hydrogen-bond acceptors (Lipinski definition) is 1. The van der Waals surface area contributed by atoms with Crippen molar-refractivity contribution < 1.29 is 4.39 Å².